The Morgan fingerprint density at radius 2 is 1.72 bits per heavy atom. The van der Waals surface area contributed by atoms with Crippen LogP contribution in [0.25, 0.3) is 0 Å². The van der Waals surface area contributed by atoms with E-state index in [9.17, 15) is 4.79 Å². The van der Waals surface area contributed by atoms with E-state index in [4.69, 9.17) is 0 Å². The molecule has 1 saturated heterocycles. The van der Waals surface area contributed by atoms with E-state index in [0.717, 1.165) is 51.1 Å². The first-order valence-corrected chi connectivity index (χ1v) is 9.38. The molecule has 25 heavy (non-hydrogen) atoms. The van der Waals surface area contributed by atoms with Gasteiger partial charge in [0.25, 0.3) is 0 Å². The minimum atomic E-state index is 0.181. The minimum Gasteiger partial charge on any atom is -0.312 e. The third kappa shape index (κ3) is 3.47. The molecule has 1 fully saturated rings. The third-order valence-corrected chi connectivity index (χ3v) is 5.62. The molecule has 2 aromatic rings. The second kappa shape index (κ2) is 7.01. The molecule has 3 heteroatoms. The molecule has 0 saturated carbocycles. The van der Waals surface area contributed by atoms with Gasteiger partial charge in [-0.3, -0.25) is 9.69 Å². The van der Waals surface area contributed by atoms with Gasteiger partial charge in [-0.1, -0.05) is 48.0 Å². The van der Waals surface area contributed by atoms with Crippen LogP contribution in [-0.2, 0) is 17.8 Å². The Morgan fingerprint density at radius 1 is 1.00 bits per heavy atom. The highest BCUT2D eigenvalue weighted by Gasteiger charge is 2.32. The van der Waals surface area contributed by atoms with Gasteiger partial charge in [-0.05, 0) is 56.5 Å². The van der Waals surface area contributed by atoms with Crippen molar-refractivity contribution in [2.75, 3.05) is 24.5 Å². The Balaban J connectivity index is 1.34. The molecule has 0 atom stereocenters. The van der Waals surface area contributed by atoms with Crippen molar-refractivity contribution >= 4 is 11.6 Å². The summed E-state index contributed by atoms with van der Waals surface area (Å²) in [6.45, 7) is 5.99. The SMILES string of the molecule is Cc1ccc(CN2CCC(C(=O)N3CCc4ccccc43)CC2)cc1. The number of hydrogen-bond donors (Lipinski definition) is 0. The van der Waals surface area contributed by atoms with Gasteiger partial charge in [-0.15, -0.1) is 0 Å². The Kier molecular flexibility index (Phi) is 4.58. The number of likely N-dealkylation sites (tertiary alicyclic amines) is 1. The topological polar surface area (TPSA) is 23.6 Å². The Labute approximate surface area is 150 Å². The van der Waals surface area contributed by atoms with Gasteiger partial charge in [0.15, 0.2) is 0 Å². The molecular weight excluding hydrogens is 308 g/mol. The van der Waals surface area contributed by atoms with Crippen LogP contribution in [0.5, 0.6) is 0 Å². The lowest BCUT2D eigenvalue weighted by Gasteiger charge is -2.33. The predicted octanol–water partition coefficient (Wildman–Crippen LogP) is 3.80. The number of anilines is 1. The van der Waals surface area contributed by atoms with Gasteiger partial charge >= 0.3 is 0 Å². The molecule has 2 heterocycles. The van der Waals surface area contributed by atoms with Gasteiger partial charge in [0, 0.05) is 24.7 Å². The van der Waals surface area contributed by atoms with Gasteiger partial charge in [0.2, 0.25) is 5.91 Å². The van der Waals surface area contributed by atoms with E-state index >= 15 is 0 Å². The molecule has 0 N–H and O–H groups in total. The smallest absolute Gasteiger partial charge is 0.230 e. The molecule has 4 rings (SSSR count). The molecule has 0 aromatic heterocycles. The molecule has 2 aromatic carbocycles. The maximum Gasteiger partial charge on any atom is 0.230 e. The summed E-state index contributed by atoms with van der Waals surface area (Å²) in [5, 5.41) is 0. The zero-order valence-electron chi connectivity index (χ0n) is 14.9. The third-order valence-electron chi connectivity index (χ3n) is 5.62. The van der Waals surface area contributed by atoms with Crippen molar-refractivity contribution < 1.29 is 4.79 Å². The number of nitrogens with zero attached hydrogens (tertiary/aromatic N) is 2. The first-order valence-electron chi connectivity index (χ1n) is 9.38. The fourth-order valence-corrected chi connectivity index (χ4v) is 4.08. The molecule has 0 aliphatic carbocycles. The summed E-state index contributed by atoms with van der Waals surface area (Å²) in [4.78, 5) is 17.5. The second-order valence-electron chi connectivity index (χ2n) is 7.40. The van der Waals surface area contributed by atoms with Crippen molar-refractivity contribution in [2.45, 2.75) is 32.7 Å². The van der Waals surface area contributed by atoms with E-state index in [-0.39, 0.29) is 5.92 Å². The van der Waals surface area contributed by atoms with Gasteiger partial charge in [-0.25, -0.2) is 0 Å². The summed E-state index contributed by atoms with van der Waals surface area (Å²) < 4.78 is 0. The molecular formula is C22H26N2O. The molecule has 2 aliphatic heterocycles. The number of fused-ring (bicyclic) bond motifs is 1. The van der Waals surface area contributed by atoms with E-state index in [2.05, 4.69) is 54.3 Å². The van der Waals surface area contributed by atoms with Crippen molar-refractivity contribution in [2.24, 2.45) is 5.92 Å². The fraction of sp³-hybridized carbons (Fsp3) is 0.409. The quantitative estimate of drug-likeness (QED) is 0.852. The van der Waals surface area contributed by atoms with Crippen LogP contribution in [0.3, 0.4) is 0 Å². The van der Waals surface area contributed by atoms with Crippen LogP contribution in [0.15, 0.2) is 48.5 Å². The molecule has 0 spiro atoms. The van der Waals surface area contributed by atoms with E-state index < -0.39 is 0 Å². The standard InChI is InChI=1S/C22H26N2O/c1-17-6-8-18(9-7-17)16-23-13-10-20(11-14-23)22(25)24-15-12-19-4-2-3-5-21(19)24/h2-9,20H,10-16H2,1H3. The lowest BCUT2D eigenvalue weighted by atomic mass is 9.94. The molecule has 1 amide bonds. The van der Waals surface area contributed by atoms with E-state index in [1.807, 2.05) is 11.0 Å². The normalized spacial score (nSPS) is 18.4. The number of carbonyl (C=O) groups excluding carboxylic acids is 1. The van der Waals surface area contributed by atoms with Crippen LogP contribution in [0, 0.1) is 12.8 Å². The zero-order valence-corrected chi connectivity index (χ0v) is 14.9. The lowest BCUT2D eigenvalue weighted by molar-refractivity contribution is -0.123. The number of para-hydroxylation sites is 1. The van der Waals surface area contributed by atoms with Crippen LogP contribution < -0.4 is 4.90 Å². The van der Waals surface area contributed by atoms with E-state index in [1.54, 1.807) is 0 Å². The van der Waals surface area contributed by atoms with Crippen molar-refractivity contribution in [3.8, 4) is 0 Å². The average molecular weight is 334 g/mol. The average Bonchev–Trinajstić information content (AvgIpc) is 3.08. The first-order chi connectivity index (χ1) is 12.2. The fourth-order valence-electron chi connectivity index (χ4n) is 4.08. The van der Waals surface area contributed by atoms with Crippen LogP contribution in [0.2, 0.25) is 0 Å². The maximum atomic E-state index is 13.0. The highest BCUT2D eigenvalue weighted by molar-refractivity contribution is 5.97. The number of piperidine rings is 1. The zero-order chi connectivity index (χ0) is 17.2. The molecule has 130 valence electrons. The van der Waals surface area contributed by atoms with Gasteiger partial charge in [0.05, 0.1) is 0 Å². The molecule has 0 unspecified atom stereocenters. The van der Waals surface area contributed by atoms with Crippen LogP contribution in [-0.4, -0.2) is 30.4 Å². The summed E-state index contributed by atoms with van der Waals surface area (Å²) in [7, 11) is 0. The van der Waals surface area contributed by atoms with E-state index in [0.29, 0.717) is 5.91 Å². The number of amides is 1. The largest absolute Gasteiger partial charge is 0.312 e. The summed E-state index contributed by atoms with van der Waals surface area (Å²) in [5.74, 6) is 0.514. The summed E-state index contributed by atoms with van der Waals surface area (Å²) in [6, 6.07) is 17.1. The van der Waals surface area contributed by atoms with Crippen molar-refractivity contribution in [3.05, 3.63) is 65.2 Å². The highest BCUT2D eigenvalue weighted by Crippen LogP contribution is 2.31. The predicted molar refractivity (Wildman–Crippen MR) is 102 cm³/mol. The van der Waals surface area contributed by atoms with Crippen LogP contribution in [0.4, 0.5) is 5.69 Å². The Hall–Kier alpha value is -2.13. The summed E-state index contributed by atoms with van der Waals surface area (Å²) in [6.07, 6.45) is 2.95. The second-order valence-corrected chi connectivity index (χ2v) is 7.40. The number of rotatable bonds is 3. The minimum absolute atomic E-state index is 0.181. The van der Waals surface area contributed by atoms with Crippen molar-refractivity contribution in [1.29, 1.82) is 0 Å². The lowest BCUT2D eigenvalue weighted by Crippen LogP contribution is -2.41. The summed E-state index contributed by atoms with van der Waals surface area (Å²) in [5.41, 5.74) is 5.12. The van der Waals surface area contributed by atoms with E-state index in [1.165, 1.54) is 16.7 Å². The van der Waals surface area contributed by atoms with Gasteiger partial charge < -0.3 is 4.90 Å². The molecule has 0 radical (unpaired) electrons. The molecule has 0 bridgehead atoms. The van der Waals surface area contributed by atoms with Crippen LogP contribution in [0.1, 0.15) is 29.5 Å². The highest BCUT2D eigenvalue weighted by atomic mass is 16.2. The number of carbonyl (C=O) groups is 1. The molecule has 2 aliphatic rings. The van der Waals surface area contributed by atoms with Gasteiger partial charge in [-0.2, -0.15) is 0 Å². The molecule has 3 nitrogen and oxygen atoms in total. The number of benzene rings is 2. The number of aryl methyl sites for hydroxylation is 1. The number of hydrogen-bond acceptors (Lipinski definition) is 2. The first kappa shape index (κ1) is 16.3. The van der Waals surface area contributed by atoms with Crippen molar-refractivity contribution in [1.82, 2.24) is 4.90 Å². The Bertz CT molecular complexity index is 745. The monoisotopic (exact) mass is 334 g/mol. The van der Waals surface area contributed by atoms with Gasteiger partial charge in [0.1, 0.15) is 0 Å². The van der Waals surface area contributed by atoms with Crippen molar-refractivity contribution in [3.63, 3.8) is 0 Å². The summed E-state index contributed by atoms with van der Waals surface area (Å²) >= 11 is 0. The van der Waals surface area contributed by atoms with Crippen LogP contribution >= 0.6 is 0 Å². The maximum absolute atomic E-state index is 13.0. The Morgan fingerprint density at radius 3 is 2.48 bits per heavy atom.